The van der Waals surface area contributed by atoms with Gasteiger partial charge in [-0.2, -0.15) is 5.26 Å². The number of hydrogen-bond donors (Lipinski definition) is 1. The molecule has 1 N–H and O–H groups in total. The molecule has 1 aliphatic carbocycles. The van der Waals surface area contributed by atoms with Gasteiger partial charge in [-0.05, 0) is 20.3 Å². The van der Waals surface area contributed by atoms with Gasteiger partial charge in [-0.3, -0.25) is 4.79 Å². The van der Waals surface area contributed by atoms with Gasteiger partial charge in [0.1, 0.15) is 0 Å². The van der Waals surface area contributed by atoms with Crippen molar-refractivity contribution in [1.29, 1.82) is 5.26 Å². The predicted octanol–water partition coefficient (Wildman–Crippen LogP) is 1.01. The van der Waals surface area contributed by atoms with Crippen LogP contribution in [-0.2, 0) is 4.79 Å². The van der Waals surface area contributed by atoms with Crippen LogP contribution in [0.25, 0.3) is 0 Å². The molecule has 1 rings (SSSR count). The summed E-state index contributed by atoms with van der Waals surface area (Å²) in [6.45, 7) is 3.29. The molecule has 10 heavy (non-hydrogen) atoms. The molecule has 0 aromatic rings. The fourth-order valence-corrected chi connectivity index (χ4v) is 1.14. The molecule has 1 saturated carbocycles. The van der Waals surface area contributed by atoms with E-state index in [4.69, 9.17) is 10.4 Å². The zero-order valence-electron chi connectivity index (χ0n) is 6.01. The van der Waals surface area contributed by atoms with Gasteiger partial charge < -0.3 is 5.11 Å². The number of carbonyl (C=O) groups is 1. The maximum atomic E-state index is 10.5. The summed E-state index contributed by atoms with van der Waals surface area (Å²) >= 11 is 0. The second-order valence-electron chi connectivity index (χ2n) is 3.26. The van der Waals surface area contributed by atoms with Gasteiger partial charge >= 0.3 is 5.97 Å². The van der Waals surface area contributed by atoms with E-state index in [0.717, 1.165) is 0 Å². The molecule has 0 heterocycles. The Morgan fingerprint density at radius 3 is 2.30 bits per heavy atom. The maximum Gasteiger partial charge on any atom is 0.311 e. The third-order valence-electron chi connectivity index (χ3n) is 2.52. The van der Waals surface area contributed by atoms with E-state index in [0.29, 0.717) is 6.42 Å². The summed E-state index contributed by atoms with van der Waals surface area (Å²) in [5.41, 5.74) is -1.42. The molecule has 0 spiro atoms. The van der Waals surface area contributed by atoms with Crippen LogP contribution in [0.3, 0.4) is 0 Å². The van der Waals surface area contributed by atoms with Crippen molar-refractivity contribution in [3.05, 3.63) is 0 Å². The Hall–Kier alpha value is -1.04. The van der Waals surface area contributed by atoms with E-state index in [-0.39, 0.29) is 0 Å². The minimum Gasteiger partial charge on any atom is -0.481 e. The van der Waals surface area contributed by atoms with Gasteiger partial charge in [0.2, 0.25) is 0 Å². The number of nitrogens with zero attached hydrogens (tertiary/aromatic N) is 1. The second kappa shape index (κ2) is 1.51. The number of carboxylic acid groups (broad SMARTS) is 1. The first-order valence-corrected chi connectivity index (χ1v) is 3.11. The summed E-state index contributed by atoms with van der Waals surface area (Å²) in [4.78, 5) is 10.5. The van der Waals surface area contributed by atoms with E-state index in [1.807, 2.05) is 6.07 Å². The molecular weight excluding hydrogens is 130 g/mol. The Labute approximate surface area is 59.3 Å². The quantitative estimate of drug-likeness (QED) is 0.589. The average Bonchev–Trinajstić information content (AvgIpc) is 2.39. The maximum absolute atomic E-state index is 10.5. The molecule has 0 aliphatic heterocycles. The van der Waals surface area contributed by atoms with Crippen LogP contribution in [0.1, 0.15) is 20.3 Å². The number of rotatable bonds is 1. The third-order valence-corrected chi connectivity index (χ3v) is 2.52. The first kappa shape index (κ1) is 7.07. The Morgan fingerprint density at radius 1 is 1.70 bits per heavy atom. The van der Waals surface area contributed by atoms with Crippen molar-refractivity contribution in [3.63, 3.8) is 0 Å². The van der Waals surface area contributed by atoms with Crippen LogP contribution in [-0.4, -0.2) is 11.1 Å². The van der Waals surface area contributed by atoms with Crippen molar-refractivity contribution < 1.29 is 9.90 Å². The molecule has 0 saturated heterocycles. The van der Waals surface area contributed by atoms with Gasteiger partial charge in [0.25, 0.3) is 0 Å². The van der Waals surface area contributed by atoms with Crippen LogP contribution in [0.4, 0.5) is 0 Å². The SMILES string of the molecule is CC1(C#N)CC1(C)C(=O)O. The molecule has 0 aromatic carbocycles. The van der Waals surface area contributed by atoms with Crippen molar-refractivity contribution in [2.75, 3.05) is 0 Å². The largest absolute Gasteiger partial charge is 0.481 e. The fraction of sp³-hybridized carbons (Fsp3) is 0.714. The van der Waals surface area contributed by atoms with Gasteiger partial charge in [-0.25, -0.2) is 0 Å². The monoisotopic (exact) mass is 139 g/mol. The summed E-state index contributed by atoms with van der Waals surface area (Å²) in [6.07, 6.45) is 0.478. The van der Waals surface area contributed by atoms with Crippen LogP contribution in [0.2, 0.25) is 0 Å². The average molecular weight is 139 g/mol. The van der Waals surface area contributed by atoms with Crippen LogP contribution < -0.4 is 0 Å². The highest BCUT2D eigenvalue weighted by Gasteiger charge is 2.67. The molecule has 0 radical (unpaired) electrons. The molecule has 0 bridgehead atoms. The Morgan fingerprint density at radius 2 is 2.20 bits per heavy atom. The smallest absolute Gasteiger partial charge is 0.311 e. The number of aliphatic carboxylic acids is 1. The molecule has 3 nitrogen and oxygen atoms in total. The molecular formula is C7H9NO2. The van der Waals surface area contributed by atoms with Gasteiger partial charge in [-0.15, -0.1) is 0 Å². The first-order chi connectivity index (χ1) is 4.46. The zero-order valence-corrected chi connectivity index (χ0v) is 6.01. The van der Waals surface area contributed by atoms with Crippen molar-refractivity contribution in [1.82, 2.24) is 0 Å². The topological polar surface area (TPSA) is 61.1 Å². The summed E-state index contributed by atoms with van der Waals surface area (Å²) in [5, 5.41) is 17.2. The number of carboxylic acids is 1. The third kappa shape index (κ3) is 0.563. The minimum atomic E-state index is -0.864. The summed E-state index contributed by atoms with van der Waals surface area (Å²) in [7, 11) is 0. The first-order valence-electron chi connectivity index (χ1n) is 3.11. The molecule has 0 aromatic heterocycles. The minimum absolute atomic E-state index is 0.478. The normalized spacial score (nSPS) is 44.1. The van der Waals surface area contributed by atoms with Crippen LogP contribution >= 0.6 is 0 Å². The summed E-state index contributed by atoms with van der Waals surface area (Å²) < 4.78 is 0. The molecule has 0 amide bonds. The lowest BCUT2D eigenvalue weighted by Gasteiger charge is -2.04. The van der Waals surface area contributed by atoms with E-state index < -0.39 is 16.8 Å². The Kier molecular flexibility index (Phi) is 1.07. The molecule has 3 heteroatoms. The lowest BCUT2D eigenvalue weighted by atomic mass is 9.98. The fourth-order valence-electron chi connectivity index (χ4n) is 1.14. The highest BCUT2D eigenvalue weighted by atomic mass is 16.4. The highest BCUT2D eigenvalue weighted by molar-refractivity contribution is 5.80. The van der Waals surface area contributed by atoms with Crippen LogP contribution in [0.5, 0.6) is 0 Å². The number of hydrogen-bond acceptors (Lipinski definition) is 2. The Bertz CT molecular complexity index is 230. The molecule has 2 atom stereocenters. The van der Waals surface area contributed by atoms with E-state index in [1.54, 1.807) is 13.8 Å². The van der Waals surface area contributed by atoms with Gasteiger partial charge in [0, 0.05) is 0 Å². The summed E-state index contributed by atoms with van der Waals surface area (Å²) in [6, 6.07) is 2.01. The van der Waals surface area contributed by atoms with Gasteiger partial charge in [0.15, 0.2) is 0 Å². The van der Waals surface area contributed by atoms with E-state index in [2.05, 4.69) is 0 Å². The lowest BCUT2D eigenvalue weighted by molar-refractivity contribution is -0.143. The highest BCUT2D eigenvalue weighted by Crippen LogP contribution is 2.63. The van der Waals surface area contributed by atoms with Crippen molar-refractivity contribution in [2.24, 2.45) is 10.8 Å². The van der Waals surface area contributed by atoms with Crippen molar-refractivity contribution >= 4 is 5.97 Å². The van der Waals surface area contributed by atoms with Crippen molar-refractivity contribution in [2.45, 2.75) is 20.3 Å². The second-order valence-corrected chi connectivity index (χ2v) is 3.26. The standard InChI is InChI=1S/C7H9NO2/c1-6(4-8)3-7(6,2)5(9)10/h3H2,1-2H3,(H,9,10). The van der Waals surface area contributed by atoms with Crippen LogP contribution in [0.15, 0.2) is 0 Å². The summed E-state index contributed by atoms with van der Waals surface area (Å²) in [5.74, 6) is -0.864. The van der Waals surface area contributed by atoms with Crippen molar-refractivity contribution in [3.8, 4) is 6.07 Å². The van der Waals surface area contributed by atoms with Crippen LogP contribution in [0, 0.1) is 22.2 Å². The lowest BCUT2D eigenvalue weighted by Crippen LogP contribution is -2.17. The van der Waals surface area contributed by atoms with E-state index in [9.17, 15) is 4.79 Å². The number of nitriles is 1. The molecule has 2 unspecified atom stereocenters. The predicted molar refractivity (Wildman–Crippen MR) is 34.1 cm³/mol. The zero-order chi connectivity index (χ0) is 7.99. The van der Waals surface area contributed by atoms with E-state index in [1.165, 1.54) is 0 Å². The van der Waals surface area contributed by atoms with Gasteiger partial charge in [-0.1, -0.05) is 0 Å². The van der Waals surface area contributed by atoms with Gasteiger partial charge in [0.05, 0.1) is 16.9 Å². The van der Waals surface area contributed by atoms with E-state index >= 15 is 0 Å². The molecule has 1 fully saturated rings. The Balaban J connectivity index is 2.85. The molecule has 54 valence electrons. The molecule has 1 aliphatic rings.